The largest absolute Gasteiger partial charge is 0.495 e. The third-order valence-corrected chi connectivity index (χ3v) is 4.48. The first-order chi connectivity index (χ1) is 11.7. The van der Waals surface area contributed by atoms with Crippen LogP contribution in [0.3, 0.4) is 0 Å². The van der Waals surface area contributed by atoms with Gasteiger partial charge in [0.25, 0.3) is 5.56 Å². The number of hydrogen-bond acceptors (Lipinski definition) is 5. The highest BCUT2D eigenvalue weighted by Crippen LogP contribution is 2.28. The van der Waals surface area contributed by atoms with Crippen LogP contribution in [0.25, 0.3) is 16.6 Å². The van der Waals surface area contributed by atoms with Crippen LogP contribution in [0.5, 0.6) is 5.75 Å². The van der Waals surface area contributed by atoms with E-state index in [0.29, 0.717) is 27.5 Å². The van der Waals surface area contributed by atoms with E-state index in [9.17, 15) is 4.79 Å². The Morgan fingerprint density at radius 1 is 1.21 bits per heavy atom. The highest BCUT2D eigenvalue weighted by Gasteiger charge is 2.17. The Bertz CT molecular complexity index is 991. The zero-order valence-corrected chi connectivity index (χ0v) is 14.1. The quantitative estimate of drug-likeness (QED) is 0.539. The molecule has 24 heavy (non-hydrogen) atoms. The van der Waals surface area contributed by atoms with Gasteiger partial charge in [-0.25, -0.2) is 4.98 Å². The van der Waals surface area contributed by atoms with Crippen LogP contribution in [0.4, 0.5) is 0 Å². The van der Waals surface area contributed by atoms with Gasteiger partial charge in [-0.15, -0.1) is 0 Å². The predicted molar refractivity (Wildman–Crippen MR) is 94.8 cm³/mol. The highest BCUT2D eigenvalue weighted by molar-refractivity contribution is 8.00. The summed E-state index contributed by atoms with van der Waals surface area (Å²) in [7, 11) is 1.56. The van der Waals surface area contributed by atoms with Gasteiger partial charge in [-0.05, 0) is 31.2 Å². The van der Waals surface area contributed by atoms with E-state index in [1.54, 1.807) is 38.3 Å². The van der Waals surface area contributed by atoms with Crippen LogP contribution >= 0.6 is 11.8 Å². The number of hydrogen-bond donors (Lipinski definition) is 0. The summed E-state index contributed by atoms with van der Waals surface area (Å²) in [5, 5.41) is 9.79. The molecule has 0 aliphatic rings. The summed E-state index contributed by atoms with van der Waals surface area (Å²) < 4.78 is 6.90. The number of aromatic nitrogens is 2. The molecule has 1 unspecified atom stereocenters. The summed E-state index contributed by atoms with van der Waals surface area (Å²) in [6.45, 7) is 1.78. The smallest absolute Gasteiger partial charge is 0.266 e. The minimum absolute atomic E-state index is 0.183. The van der Waals surface area contributed by atoms with E-state index >= 15 is 0 Å². The standard InChI is InChI=1S/C18H15N3O2S/c1-12(11-19)24-18-20-14-8-4-3-7-13(14)17(22)21(18)15-9-5-6-10-16(15)23-2/h3-10,12H,1-2H3. The Hall–Kier alpha value is -2.78. The van der Waals surface area contributed by atoms with Gasteiger partial charge in [0.15, 0.2) is 5.16 Å². The topological polar surface area (TPSA) is 67.9 Å². The second-order valence-corrected chi connectivity index (χ2v) is 6.42. The first kappa shape index (κ1) is 16.1. The maximum atomic E-state index is 13.1. The summed E-state index contributed by atoms with van der Waals surface area (Å²) >= 11 is 1.25. The van der Waals surface area contributed by atoms with Crippen molar-refractivity contribution in [1.82, 2.24) is 9.55 Å². The fourth-order valence-corrected chi connectivity index (χ4v) is 3.21. The van der Waals surface area contributed by atoms with Crippen molar-refractivity contribution in [2.24, 2.45) is 0 Å². The lowest BCUT2D eigenvalue weighted by Crippen LogP contribution is -2.22. The van der Waals surface area contributed by atoms with Gasteiger partial charge in [0.2, 0.25) is 0 Å². The van der Waals surface area contributed by atoms with E-state index in [1.165, 1.54) is 16.3 Å². The van der Waals surface area contributed by atoms with Gasteiger partial charge >= 0.3 is 0 Å². The number of nitrogens with zero attached hydrogens (tertiary/aromatic N) is 3. The molecule has 0 amide bonds. The minimum Gasteiger partial charge on any atom is -0.495 e. The predicted octanol–water partition coefficient (Wildman–Crippen LogP) is 3.40. The van der Waals surface area contributed by atoms with E-state index < -0.39 is 0 Å². The first-order valence-electron chi connectivity index (χ1n) is 7.37. The summed E-state index contributed by atoms with van der Waals surface area (Å²) in [5.74, 6) is 0.572. The molecule has 5 nitrogen and oxygen atoms in total. The Labute approximate surface area is 143 Å². The maximum absolute atomic E-state index is 13.1. The van der Waals surface area contributed by atoms with E-state index in [2.05, 4.69) is 11.1 Å². The molecule has 0 spiro atoms. The molecule has 0 bridgehead atoms. The van der Waals surface area contributed by atoms with Gasteiger partial charge in [0.05, 0.1) is 35.0 Å². The van der Waals surface area contributed by atoms with Gasteiger partial charge < -0.3 is 4.74 Å². The lowest BCUT2D eigenvalue weighted by atomic mass is 10.2. The zero-order chi connectivity index (χ0) is 17.1. The molecule has 1 aromatic heterocycles. The Kier molecular flexibility index (Phi) is 4.54. The summed E-state index contributed by atoms with van der Waals surface area (Å²) in [6.07, 6.45) is 0. The van der Waals surface area contributed by atoms with E-state index in [-0.39, 0.29) is 10.8 Å². The Balaban J connectivity index is 2.35. The van der Waals surface area contributed by atoms with Crippen molar-refractivity contribution in [3.63, 3.8) is 0 Å². The Morgan fingerprint density at radius 2 is 1.92 bits per heavy atom. The maximum Gasteiger partial charge on any atom is 0.266 e. The number of rotatable bonds is 4. The number of benzene rings is 2. The van der Waals surface area contributed by atoms with Gasteiger partial charge in [-0.1, -0.05) is 36.0 Å². The molecule has 0 aliphatic heterocycles. The van der Waals surface area contributed by atoms with Gasteiger partial charge in [-0.3, -0.25) is 9.36 Å². The number of methoxy groups -OCH3 is 1. The van der Waals surface area contributed by atoms with Crippen LogP contribution < -0.4 is 10.3 Å². The van der Waals surface area contributed by atoms with Crippen LogP contribution in [0.2, 0.25) is 0 Å². The molecule has 0 radical (unpaired) electrons. The van der Waals surface area contributed by atoms with Crippen molar-refractivity contribution in [2.75, 3.05) is 7.11 Å². The molecule has 0 saturated heterocycles. The van der Waals surface area contributed by atoms with Crippen LogP contribution in [-0.4, -0.2) is 21.9 Å². The second kappa shape index (κ2) is 6.77. The van der Waals surface area contributed by atoms with Crippen molar-refractivity contribution in [3.8, 4) is 17.5 Å². The molecule has 0 aliphatic carbocycles. The number of thioether (sulfide) groups is 1. The number of ether oxygens (including phenoxy) is 1. The van der Waals surface area contributed by atoms with Crippen LogP contribution in [0.1, 0.15) is 6.92 Å². The monoisotopic (exact) mass is 337 g/mol. The fraction of sp³-hybridized carbons (Fsp3) is 0.167. The van der Waals surface area contributed by atoms with Crippen molar-refractivity contribution in [1.29, 1.82) is 5.26 Å². The van der Waals surface area contributed by atoms with Crippen molar-refractivity contribution in [3.05, 3.63) is 58.9 Å². The number of para-hydroxylation sites is 3. The molecular formula is C18H15N3O2S. The summed E-state index contributed by atoms with van der Waals surface area (Å²) in [5.41, 5.74) is 1.04. The molecule has 2 aromatic carbocycles. The van der Waals surface area contributed by atoms with E-state index in [4.69, 9.17) is 10.00 Å². The SMILES string of the molecule is COc1ccccc1-n1c(SC(C)C#N)nc2ccccc2c1=O. The summed E-state index contributed by atoms with van der Waals surface area (Å²) in [6, 6.07) is 16.6. The lowest BCUT2D eigenvalue weighted by Gasteiger charge is -2.16. The van der Waals surface area contributed by atoms with Gasteiger partial charge in [-0.2, -0.15) is 5.26 Å². The molecular weight excluding hydrogens is 322 g/mol. The average Bonchev–Trinajstić information content (AvgIpc) is 2.62. The highest BCUT2D eigenvalue weighted by atomic mass is 32.2. The third kappa shape index (κ3) is 2.86. The average molecular weight is 337 g/mol. The van der Waals surface area contributed by atoms with E-state index in [0.717, 1.165) is 0 Å². The second-order valence-electron chi connectivity index (χ2n) is 5.11. The van der Waals surface area contributed by atoms with Crippen LogP contribution in [0.15, 0.2) is 58.5 Å². The van der Waals surface area contributed by atoms with Crippen LogP contribution in [-0.2, 0) is 0 Å². The molecule has 120 valence electrons. The zero-order valence-electron chi connectivity index (χ0n) is 13.3. The molecule has 1 atom stereocenters. The normalized spacial score (nSPS) is 11.9. The molecule has 0 saturated carbocycles. The molecule has 3 rings (SSSR count). The van der Waals surface area contributed by atoms with Gasteiger partial charge in [0.1, 0.15) is 5.75 Å². The third-order valence-electron chi connectivity index (χ3n) is 3.53. The summed E-state index contributed by atoms with van der Waals surface area (Å²) in [4.78, 5) is 17.7. The minimum atomic E-state index is -0.334. The molecule has 1 heterocycles. The van der Waals surface area contributed by atoms with Crippen molar-refractivity contribution < 1.29 is 4.74 Å². The first-order valence-corrected chi connectivity index (χ1v) is 8.25. The van der Waals surface area contributed by atoms with Crippen molar-refractivity contribution >= 4 is 22.7 Å². The fourth-order valence-electron chi connectivity index (χ4n) is 2.40. The molecule has 3 aromatic rings. The van der Waals surface area contributed by atoms with Gasteiger partial charge in [0, 0.05) is 0 Å². The number of fused-ring (bicyclic) bond motifs is 1. The lowest BCUT2D eigenvalue weighted by molar-refractivity contribution is 0.411. The van der Waals surface area contributed by atoms with E-state index in [1.807, 2.05) is 24.3 Å². The van der Waals surface area contributed by atoms with Crippen LogP contribution in [0, 0.1) is 11.3 Å². The molecule has 6 heteroatoms. The Morgan fingerprint density at radius 3 is 2.67 bits per heavy atom. The van der Waals surface area contributed by atoms with Crippen molar-refractivity contribution in [2.45, 2.75) is 17.3 Å². The molecule has 0 fully saturated rings. The molecule has 0 N–H and O–H groups in total. The number of nitriles is 1.